The van der Waals surface area contributed by atoms with E-state index in [1.807, 2.05) is 24.3 Å². The summed E-state index contributed by atoms with van der Waals surface area (Å²) >= 11 is 13.3. The van der Waals surface area contributed by atoms with E-state index in [1.165, 1.54) is 17.2 Å². The molecule has 0 spiro atoms. The maximum atomic E-state index is 12.0. The van der Waals surface area contributed by atoms with Crippen molar-refractivity contribution < 1.29 is 14.3 Å². The summed E-state index contributed by atoms with van der Waals surface area (Å²) in [5, 5.41) is 0.935. The van der Waals surface area contributed by atoms with Crippen LogP contribution in [-0.4, -0.2) is 45.3 Å². The molecule has 0 fully saturated rings. The van der Waals surface area contributed by atoms with E-state index in [0.717, 1.165) is 29.8 Å². The van der Waals surface area contributed by atoms with E-state index < -0.39 is 0 Å². The average molecular weight is 471 g/mol. The highest BCUT2D eigenvalue weighted by Crippen LogP contribution is 2.47. The summed E-state index contributed by atoms with van der Waals surface area (Å²) in [6.07, 6.45) is 2.48. The molecule has 0 aliphatic carbocycles. The first kappa shape index (κ1) is 22.4. The first-order valence-electron chi connectivity index (χ1n) is 10.3. The van der Waals surface area contributed by atoms with E-state index >= 15 is 0 Å². The van der Waals surface area contributed by atoms with Crippen LogP contribution in [0.3, 0.4) is 0 Å². The number of allylic oxidation sites excluding steroid dienone is 1. The summed E-state index contributed by atoms with van der Waals surface area (Å²) in [5.41, 5.74) is 6.14. The minimum Gasteiger partial charge on any atom is -0.495 e. The summed E-state index contributed by atoms with van der Waals surface area (Å²) in [5.74, 6) is 1.04. The van der Waals surface area contributed by atoms with Crippen LogP contribution >= 0.6 is 23.2 Å². The molecule has 2 aromatic carbocycles. The van der Waals surface area contributed by atoms with Gasteiger partial charge in [-0.25, -0.2) is 0 Å². The van der Waals surface area contributed by atoms with Crippen LogP contribution < -0.4 is 14.4 Å². The summed E-state index contributed by atoms with van der Waals surface area (Å²) in [6, 6.07) is 9.64. The number of aliphatic imine (C=N–C) groups is 1. The Morgan fingerprint density at radius 2 is 1.88 bits per heavy atom. The highest BCUT2D eigenvalue weighted by molar-refractivity contribution is 6.41. The van der Waals surface area contributed by atoms with E-state index in [1.54, 1.807) is 20.3 Å². The number of ketones is 1. The van der Waals surface area contributed by atoms with Gasteiger partial charge in [0.15, 0.2) is 5.78 Å². The smallest absolute Gasteiger partial charge is 0.159 e. The Morgan fingerprint density at radius 3 is 2.53 bits per heavy atom. The predicted molar refractivity (Wildman–Crippen MR) is 130 cm³/mol. The average Bonchev–Trinajstić information content (AvgIpc) is 3.23. The molecular weight excluding hydrogens is 447 g/mol. The molecule has 166 valence electrons. The summed E-state index contributed by atoms with van der Waals surface area (Å²) in [7, 11) is 3.14. The van der Waals surface area contributed by atoms with Crippen LogP contribution in [0.15, 0.2) is 59.1 Å². The number of hydrogen-bond acceptors (Lipinski definition) is 5. The summed E-state index contributed by atoms with van der Waals surface area (Å²) in [4.78, 5) is 19.0. The molecule has 2 aliphatic heterocycles. The molecule has 0 saturated carbocycles. The van der Waals surface area contributed by atoms with Gasteiger partial charge in [0.05, 0.1) is 32.2 Å². The van der Waals surface area contributed by atoms with E-state index in [4.69, 9.17) is 37.7 Å². The molecule has 2 heterocycles. The molecule has 0 aromatic heterocycles. The number of carbonyl (C=O) groups excluding carboxylic acids is 1. The molecule has 0 unspecified atom stereocenters. The third-order valence-corrected chi connectivity index (χ3v) is 6.62. The van der Waals surface area contributed by atoms with Gasteiger partial charge < -0.3 is 14.4 Å². The van der Waals surface area contributed by atoms with Crippen molar-refractivity contribution in [3.8, 4) is 11.5 Å². The molecule has 0 radical (unpaired) electrons. The minimum atomic E-state index is -0.00340. The zero-order valence-corrected chi connectivity index (χ0v) is 19.6. The lowest BCUT2D eigenvalue weighted by Gasteiger charge is -2.32. The maximum Gasteiger partial charge on any atom is 0.159 e. The topological polar surface area (TPSA) is 51.1 Å². The summed E-state index contributed by atoms with van der Waals surface area (Å²) in [6.45, 7) is 5.59. The third kappa shape index (κ3) is 4.03. The standard InChI is InChI=1S/C25H24Cl2N2O3/c1-4-17(30)11-15-7-5-6-8-18(15)24-19-9-10-29(14-16(19)13-28-24)25-22(26)20(31-2)12-21(32-3)23(25)27/h4-8,12H,1,9-11,13-14H2,2-3H3. The van der Waals surface area contributed by atoms with Crippen molar-refractivity contribution in [1.29, 1.82) is 0 Å². The van der Waals surface area contributed by atoms with E-state index in [0.29, 0.717) is 46.7 Å². The Kier molecular flexibility index (Phi) is 6.58. The molecule has 0 amide bonds. The normalized spacial score (nSPS) is 15.4. The lowest BCUT2D eigenvalue weighted by Crippen LogP contribution is -2.33. The van der Waals surface area contributed by atoms with Crippen molar-refractivity contribution in [2.24, 2.45) is 4.99 Å². The largest absolute Gasteiger partial charge is 0.495 e. The van der Waals surface area contributed by atoms with Crippen molar-refractivity contribution in [3.63, 3.8) is 0 Å². The van der Waals surface area contributed by atoms with Gasteiger partial charge in [0.2, 0.25) is 0 Å². The molecule has 0 bridgehead atoms. The number of methoxy groups -OCH3 is 2. The number of ether oxygens (including phenoxy) is 2. The fourth-order valence-electron chi connectivity index (χ4n) is 4.28. The van der Waals surface area contributed by atoms with Crippen molar-refractivity contribution >= 4 is 40.4 Å². The Hall–Kier alpha value is -2.76. The van der Waals surface area contributed by atoms with Gasteiger partial charge in [-0.15, -0.1) is 0 Å². The maximum absolute atomic E-state index is 12.0. The number of benzene rings is 2. The van der Waals surface area contributed by atoms with E-state index in [2.05, 4.69) is 11.5 Å². The zero-order valence-electron chi connectivity index (χ0n) is 18.1. The van der Waals surface area contributed by atoms with Gasteiger partial charge in [0.1, 0.15) is 21.5 Å². The second kappa shape index (κ2) is 9.39. The van der Waals surface area contributed by atoms with Crippen LogP contribution in [0.2, 0.25) is 10.0 Å². The number of anilines is 1. The monoisotopic (exact) mass is 470 g/mol. The van der Waals surface area contributed by atoms with E-state index in [-0.39, 0.29) is 5.78 Å². The first-order valence-corrected chi connectivity index (χ1v) is 11.1. The van der Waals surface area contributed by atoms with Crippen molar-refractivity contribution in [3.05, 3.63) is 75.3 Å². The Balaban J connectivity index is 1.66. The second-order valence-corrected chi connectivity index (χ2v) is 8.44. The molecular formula is C25H24Cl2N2O3. The van der Waals surface area contributed by atoms with Crippen LogP contribution in [0.5, 0.6) is 11.5 Å². The number of hydrogen-bond donors (Lipinski definition) is 0. The zero-order chi connectivity index (χ0) is 22.8. The number of carbonyl (C=O) groups is 1. The van der Waals surface area contributed by atoms with Crippen LogP contribution in [0.1, 0.15) is 17.5 Å². The Labute approximate surface area is 197 Å². The lowest BCUT2D eigenvalue weighted by molar-refractivity contribution is -0.114. The lowest BCUT2D eigenvalue weighted by atomic mass is 9.90. The van der Waals surface area contributed by atoms with Gasteiger partial charge in [-0.3, -0.25) is 9.79 Å². The van der Waals surface area contributed by atoms with Crippen molar-refractivity contribution in [2.75, 3.05) is 38.8 Å². The number of rotatable bonds is 7. The molecule has 32 heavy (non-hydrogen) atoms. The Morgan fingerprint density at radius 1 is 1.19 bits per heavy atom. The molecule has 0 atom stereocenters. The summed E-state index contributed by atoms with van der Waals surface area (Å²) < 4.78 is 10.8. The Bertz CT molecular complexity index is 1130. The molecule has 5 nitrogen and oxygen atoms in total. The fraction of sp³-hybridized carbons (Fsp3) is 0.280. The van der Waals surface area contributed by atoms with E-state index in [9.17, 15) is 4.79 Å². The van der Waals surface area contributed by atoms with Crippen molar-refractivity contribution in [2.45, 2.75) is 12.8 Å². The molecule has 0 N–H and O–H groups in total. The van der Waals surface area contributed by atoms with Gasteiger partial charge in [-0.2, -0.15) is 0 Å². The minimum absolute atomic E-state index is 0.00340. The van der Waals surface area contributed by atoms with Crippen LogP contribution in [0.4, 0.5) is 5.69 Å². The van der Waals surface area contributed by atoms with Crippen LogP contribution in [0.25, 0.3) is 0 Å². The van der Waals surface area contributed by atoms with Crippen LogP contribution in [-0.2, 0) is 11.2 Å². The number of halogens is 2. The van der Waals surface area contributed by atoms with Gasteiger partial charge >= 0.3 is 0 Å². The second-order valence-electron chi connectivity index (χ2n) is 7.68. The molecule has 2 aromatic rings. The third-order valence-electron chi connectivity index (χ3n) is 5.89. The van der Waals surface area contributed by atoms with Crippen molar-refractivity contribution in [1.82, 2.24) is 0 Å². The first-order chi connectivity index (χ1) is 15.5. The van der Waals surface area contributed by atoms with Gasteiger partial charge in [0, 0.05) is 31.1 Å². The molecule has 7 heteroatoms. The number of nitrogens with zero attached hydrogens (tertiary/aromatic N) is 2. The highest BCUT2D eigenvalue weighted by atomic mass is 35.5. The molecule has 4 rings (SSSR count). The van der Waals surface area contributed by atoms with Crippen LogP contribution in [0, 0.1) is 0 Å². The molecule has 0 saturated heterocycles. The SMILES string of the molecule is C=CC(=O)Cc1ccccc1C1=NCC2=C1CCN(c1c(Cl)c(OC)cc(OC)c1Cl)C2. The van der Waals surface area contributed by atoms with Gasteiger partial charge in [0.25, 0.3) is 0 Å². The van der Waals surface area contributed by atoms with Gasteiger partial charge in [-0.05, 0) is 29.2 Å². The quantitative estimate of drug-likeness (QED) is 0.513. The van der Waals surface area contributed by atoms with Gasteiger partial charge in [-0.1, -0.05) is 54.0 Å². The fourth-order valence-corrected chi connectivity index (χ4v) is 5.02. The highest BCUT2D eigenvalue weighted by Gasteiger charge is 2.31. The predicted octanol–water partition coefficient (Wildman–Crippen LogP) is 5.32. The molecule has 2 aliphatic rings.